The number of rotatable bonds is 10. The van der Waals surface area contributed by atoms with Crippen LogP contribution in [0.5, 0.6) is 5.75 Å². The van der Waals surface area contributed by atoms with E-state index in [9.17, 15) is 35.9 Å². The first-order valence-electron chi connectivity index (χ1n) is 12.6. The normalized spacial score (nSPS) is 11.7. The standard InChI is InChI=1S/C28H22ClF6N5O3S/c1-43-20-8-5-16(6-9-20)11-24(41)36-14-23-38-39-26(40(23)19-4-2-3-17(12-19)27(30,31)32)44-15-25(42)37-22-13-18(28(33,34)35)7-10-21(22)29/h2-10,12-13H,11,14-15H2,1H3,(H,36,41)(H,37,42). The highest BCUT2D eigenvalue weighted by Gasteiger charge is 2.32. The third-order valence-electron chi connectivity index (χ3n) is 6.00. The summed E-state index contributed by atoms with van der Waals surface area (Å²) in [6.45, 7) is -0.217. The zero-order chi connectivity index (χ0) is 32.1. The molecule has 0 fully saturated rings. The van der Waals surface area contributed by atoms with Crippen LogP contribution < -0.4 is 15.4 Å². The number of amides is 2. The summed E-state index contributed by atoms with van der Waals surface area (Å²) < 4.78 is 86.0. The molecule has 2 amide bonds. The second-order valence-corrected chi connectivity index (χ2v) is 10.5. The van der Waals surface area contributed by atoms with Gasteiger partial charge in [-0.05, 0) is 54.1 Å². The zero-order valence-electron chi connectivity index (χ0n) is 22.6. The summed E-state index contributed by atoms with van der Waals surface area (Å²) in [6.07, 6.45) is -9.32. The van der Waals surface area contributed by atoms with Crippen molar-refractivity contribution in [1.29, 1.82) is 0 Å². The Hall–Kier alpha value is -4.24. The number of benzene rings is 3. The predicted octanol–water partition coefficient (Wildman–Crippen LogP) is 6.56. The number of thioether (sulfide) groups is 1. The molecule has 0 unspecified atom stereocenters. The van der Waals surface area contributed by atoms with Crippen molar-refractivity contribution in [2.45, 2.75) is 30.5 Å². The van der Waals surface area contributed by atoms with E-state index >= 15 is 0 Å². The number of nitrogens with one attached hydrogen (secondary N) is 2. The first kappa shape index (κ1) is 32.7. The maximum Gasteiger partial charge on any atom is 0.416 e. The van der Waals surface area contributed by atoms with E-state index < -0.39 is 41.0 Å². The molecule has 0 spiro atoms. The third-order valence-corrected chi connectivity index (χ3v) is 7.26. The fourth-order valence-electron chi connectivity index (χ4n) is 3.87. The van der Waals surface area contributed by atoms with E-state index in [1.807, 2.05) is 0 Å². The van der Waals surface area contributed by atoms with E-state index in [2.05, 4.69) is 20.8 Å². The highest BCUT2D eigenvalue weighted by atomic mass is 35.5. The van der Waals surface area contributed by atoms with Crippen molar-refractivity contribution < 1.29 is 40.7 Å². The molecule has 0 radical (unpaired) electrons. The van der Waals surface area contributed by atoms with Gasteiger partial charge in [-0.15, -0.1) is 10.2 Å². The predicted molar refractivity (Wildman–Crippen MR) is 151 cm³/mol. The zero-order valence-corrected chi connectivity index (χ0v) is 24.2. The number of carbonyl (C=O) groups excluding carboxylic acids is 2. The number of hydrogen-bond donors (Lipinski definition) is 2. The van der Waals surface area contributed by atoms with Crippen molar-refractivity contribution in [2.75, 3.05) is 18.2 Å². The largest absolute Gasteiger partial charge is 0.497 e. The van der Waals surface area contributed by atoms with E-state index in [1.54, 1.807) is 24.3 Å². The van der Waals surface area contributed by atoms with Crippen molar-refractivity contribution in [1.82, 2.24) is 20.1 Å². The molecular weight excluding hydrogens is 636 g/mol. The van der Waals surface area contributed by atoms with Crippen LogP contribution >= 0.6 is 23.4 Å². The molecule has 0 atom stereocenters. The van der Waals surface area contributed by atoms with Gasteiger partial charge in [0.25, 0.3) is 0 Å². The minimum atomic E-state index is -4.67. The van der Waals surface area contributed by atoms with Gasteiger partial charge in [0.05, 0.1) is 53.4 Å². The number of aromatic nitrogens is 3. The summed E-state index contributed by atoms with van der Waals surface area (Å²) in [5.74, 6) is -0.895. The van der Waals surface area contributed by atoms with Gasteiger partial charge in [-0.1, -0.05) is 41.6 Å². The van der Waals surface area contributed by atoms with Crippen LogP contribution in [0.25, 0.3) is 5.69 Å². The fourth-order valence-corrected chi connectivity index (χ4v) is 4.81. The van der Waals surface area contributed by atoms with Crippen LogP contribution in [0.4, 0.5) is 32.0 Å². The maximum atomic E-state index is 13.5. The monoisotopic (exact) mass is 657 g/mol. The Kier molecular flexibility index (Phi) is 10.1. The van der Waals surface area contributed by atoms with E-state index in [0.717, 1.165) is 36.0 Å². The van der Waals surface area contributed by atoms with Crippen molar-refractivity contribution >= 4 is 40.9 Å². The summed E-state index contributed by atoms with van der Waals surface area (Å²) in [4.78, 5) is 25.2. The first-order chi connectivity index (χ1) is 20.7. The maximum absolute atomic E-state index is 13.5. The molecule has 1 aromatic heterocycles. The Balaban J connectivity index is 1.53. The Bertz CT molecular complexity index is 1640. The van der Waals surface area contributed by atoms with Crippen molar-refractivity contribution in [3.05, 3.63) is 94.3 Å². The van der Waals surface area contributed by atoms with Crippen LogP contribution in [0.2, 0.25) is 5.02 Å². The lowest BCUT2D eigenvalue weighted by Gasteiger charge is -2.14. The number of halogens is 7. The number of hydrogen-bond acceptors (Lipinski definition) is 6. The number of anilines is 1. The van der Waals surface area contributed by atoms with Gasteiger partial charge in [0.1, 0.15) is 5.75 Å². The Morgan fingerprint density at radius 2 is 1.59 bits per heavy atom. The van der Waals surface area contributed by atoms with Crippen LogP contribution in [0.15, 0.2) is 71.9 Å². The van der Waals surface area contributed by atoms with Gasteiger partial charge in [0.2, 0.25) is 11.8 Å². The second kappa shape index (κ2) is 13.6. The molecule has 4 rings (SSSR count). The van der Waals surface area contributed by atoms with Gasteiger partial charge >= 0.3 is 12.4 Å². The molecule has 0 aliphatic rings. The first-order valence-corrected chi connectivity index (χ1v) is 13.9. The van der Waals surface area contributed by atoms with Gasteiger partial charge in [-0.25, -0.2) is 0 Å². The van der Waals surface area contributed by atoms with Crippen molar-refractivity contribution in [3.63, 3.8) is 0 Å². The van der Waals surface area contributed by atoms with Crippen LogP contribution in [0.3, 0.4) is 0 Å². The van der Waals surface area contributed by atoms with E-state index in [1.165, 1.54) is 23.8 Å². The lowest BCUT2D eigenvalue weighted by molar-refractivity contribution is -0.138. The molecule has 0 bridgehead atoms. The summed E-state index contributed by atoms with van der Waals surface area (Å²) in [5.41, 5.74) is -1.55. The molecule has 0 aliphatic heterocycles. The Morgan fingerprint density at radius 3 is 2.25 bits per heavy atom. The number of carbonyl (C=O) groups is 2. The third kappa shape index (κ3) is 8.44. The second-order valence-electron chi connectivity index (χ2n) is 9.11. The average molecular weight is 658 g/mol. The molecule has 0 aliphatic carbocycles. The minimum absolute atomic E-state index is 0.00155. The van der Waals surface area contributed by atoms with Crippen LogP contribution in [0.1, 0.15) is 22.5 Å². The Labute approximate surface area is 255 Å². The van der Waals surface area contributed by atoms with Gasteiger partial charge in [-0.2, -0.15) is 26.3 Å². The summed E-state index contributed by atoms with van der Waals surface area (Å²) in [6, 6.07) is 13.5. The highest BCUT2D eigenvalue weighted by Crippen LogP contribution is 2.34. The molecule has 16 heteroatoms. The Morgan fingerprint density at radius 1 is 0.909 bits per heavy atom. The van der Waals surface area contributed by atoms with E-state index in [0.29, 0.717) is 17.4 Å². The van der Waals surface area contributed by atoms with Crippen LogP contribution in [-0.4, -0.2) is 39.4 Å². The lowest BCUT2D eigenvalue weighted by Crippen LogP contribution is -2.26. The number of ether oxygens (including phenoxy) is 1. The molecule has 3 aromatic carbocycles. The molecule has 232 valence electrons. The summed E-state index contributed by atoms with van der Waals surface area (Å²) in [5, 5.41) is 12.8. The van der Waals surface area contributed by atoms with Crippen LogP contribution in [-0.2, 0) is 34.9 Å². The quantitative estimate of drug-likeness (QED) is 0.148. The minimum Gasteiger partial charge on any atom is -0.497 e. The molecule has 2 N–H and O–H groups in total. The van der Waals surface area contributed by atoms with Gasteiger partial charge in [0.15, 0.2) is 11.0 Å². The molecular formula is C28H22ClF6N5O3S. The topological polar surface area (TPSA) is 98.1 Å². The average Bonchev–Trinajstić information content (AvgIpc) is 3.38. The summed E-state index contributed by atoms with van der Waals surface area (Å²) >= 11 is 6.71. The summed E-state index contributed by atoms with van der Waals surface area (Å²) in [7, 11) is 1.51. The molecule has 44 heavy (non-hydrogen) atoms. The van der Waals surface area contributed by atoms with Crippen molar-refractivity contribution in [3.8, 4) is 11.4 Å². The number of alkyl halides is 6. The van der Waals surface area contributed by atoms with Gasteiger partial charge < -0.3 is 15.4 Å². The lowest BCUT2D eigenvalue weighted by atomic mass is 10.1. The van der Waals surface area contributed by atoms with E-state index in [-0.39, 0.29) is 40.3 Å². The molecule has 0 saturated heterocycles. The SMILES string of the molecule is COc1ccc(CC(=O)NCc2nnc(SCC(=O)Nc3cc(C(F)(F)F)ccc3Cl)n2-c2cccc(C(F)(F)F)c2)cc1. The van der Waals surface area contributed by atoms with Crippen molar-refractivity contribution in [2.24, 2.45) is 0 Å². The smallest absolute Gasteiger partial charge is 0.416 e. The van der Waals surface area contributed by atoms with Gasteiger partial charge in [-0.3, -0.25) is 14.2 Å². The number of methoxy groups -OCH3 is 1. The molecule has 8 nitrogen and oxygen atoms in total. The van der Waals surface area contributed by atoms with Crippen LogP contribution in [0, 0.1) is 0 Å². The fraction of sp³-hybridized carbons (Fsp3) is 0.214. The molecule has 0 saturated carbocycles. The highest BCUT2D eigenvalue weighted by molar-refractivity contribution is 7.99. The molecule has 1 heterocycles. The van der Waals surface area contributed by atoms with Gasteiger partial charge in [0, 0.05) is 0 Å². The molecule has 4 aromatic rings. The number of nitrogens with zero attached hydrogens (tertiary/aromatic N) is 3. The van der Waals surface area contributed by atoms with E-state index in [4.69, 9.17) is 16.3 Å².